The second-order valence-corrected chi connectivity index (χ2v) is 8.10. The number of hydrogen-bond acceptors (Lipinski definition) is 4. The minimum atomic E-state index is -2.73. The highest BCUT2D eigenvalue weighted by atomic mass is 32.2. The van der Waals surface area contributed by atoms with E-state index in [1.54, 1.807) is 22.9 Å². The van der Waals surface area contributed by atoms with Gasteiger partial charge in [0.15, 0.2) is 0 Å². The maximum Gasteiger partial charge on any atom is 0.319 e. The van der Waals surface area contributed by atoms with Gasteiger partial charge in [0.05, 0.1) is 5.92 Å². The van der Waals surface area contributed by atoms with Gasteiger partial charge in [-0.1, -0.05) is 12.2 Å². The summed E-state index contributed by atoms with van der Waals surface area (Å²) in [5.41, 5.74) is 1.69. The number of urea groups is 1. The van der Waals surface area contributed by atoms with Crippen molar-refractivity contribution in [1.82, 2.24) is 14.1 Å². The molecule has 8 nitrogen and oxygen atoms in total. The summed E-state index contributed by atoms with van der Waals surface area (Å²) in [6.45, 7) is 5.39. The number of hydrogen-bond donors (Lipinski definition) is 2. The van der Waals surface area contributed by atoms with Gasteiger partial charge in [0.1, 0.15) is 0 Å². The number of piperidine rings is 2. The summed E-state index contributed by atoms with van der Waals surface area (Å²) in [5.74, 6) is -1.17. The highest BCUT2D eigenvalue weighted by Gasteiger charge is 2.32. The predicted octanol–water partition coefficient (Wildman–Crippen LogP) is 1.53. The van der Waals surface area contributed by atoms with E-state index in [9.17, 15) is 18.0 Å². The minimum absolute atomic E-state index is 0.0123. The number of allylic oxidation sites excluding steroid dienone is 3. The normalized spacial score (nSPS) is 24.7. The van der Waals surface area contributed by atoms with Crippen molar-refractivity contribution in [2.75, 3.05) is 33.2 Å². The average Bonchev–Trinajstić information content (AvgIpc) is 2.66. The molecule has 0 aromatic heterocycles. The van der Waals surface area contributed by atoms with Crippen LogP contribution in [0.1, 0.15) is 33.1 Å². The van der Waals surface area contributed by atoms with Gasteiger partial charge < -0.3 is 14.9 Å². The Labute approximate surface area is 162 Å². The topological polar surface area (TPSA) is 98.2 Å². The quantitative estimate of drug-likeness (QED) is 0.699. The van der Waals surface area contributed by atoms with Crippen molar-refractivity contribution in [3.05, 3.63) is 23.4 Å². The molecule has 2 heterocycles. The van der Waals surface area contributed by atoms with Crippen LogP contribution in [0.4, 0.5) is 4.79 Å². The van der Waals surface area contributed by atoms with Crippen LogP contribution in [0.15, 0.2) is 23.4 Å². The van der Waals surface area contributed by atoms with Gasteiger partial charge in [-0.2, -0.15) is 0 Å². The molecular formula is C18H29N3O5S. The molecule has 2 aliphatic heterocycles. The number of carboxylic acids is 1. The van der Waals surface area contributed by atoms with E-state index >= 15 is 0 Å². The SMILES string of the molecule is C/C=C1/C[C@@H](CN(C)C(=O)N2CCC(C(=O)O)CC2)CN([SH](=O)=O)/C1=C/C. The third-order valence-corrected chi connectivity index (χ3v) is 6.11. The highest BCUT2D eigenvalue weighted by molar-refractivity contribution is 7.70. The van der Waals surface area contributed by atoms with Gasteiger partial charge in [0.25, 0.3) is 0 Å². The molecule has 0 saturated carbocycles. The molecule has 0 aromatic carbocycles. The second kappa shape index (κ2) is 9.25. The van der Waals surface area contributed by atoms with E-state index < -0.39 is 16.9 Å². The van der Waals surface area contributed by atoms with E-state index in [4.69, 9.17) is 5.11 Å². The van der Waals surface area contributed by atoms with Crippen molar-refractivity contribution in [1.29, 1.82) is 0 Å². The maximum absolute atomic E-state index is 12.7. The predicted molar refractivity (Wildman–Crippen MR) is 103 cm³/mol. The van der Waals surface area contributed by atoms with Gasteiger partial charge in [0.2, 0.25) is 10.9 Å². The van der Waals surface area contributed by atoms with Crippen molar-refractivity contribution in [2.24, 2.45) is 11.8 Å². The second-order valence-electron chi connectivity index (χ2n) is 7.14. The Hall–Kier alpha value is -2.03. The van der Waals surface area contributed by atoms with Crippen molar-refractivity contribution >= 4 is 22.9 Å². The summed E-state index contributed by atoms with van der Waals surface area (Å²) >= 11 is 0. The zero-order chi connectivity index (χ0) is 20.1. The van der Waals surface area contributed by atoms with Gasteiger partial charge >= 0.3 is 12.0 Å². The van der Waals surface area contributed by atoms with E-state index in [1.807, 2.05) is 19.9 Å². The van der Waals surface area contributed by atoms with Crippen molar-refractivity contribution in [3.63, 3.8) is 0 Å². The average molecular weight is 400 g/mol. The van der Waals surface area contributed by atoms with E-state index in [2.05, 4.69) is 0 Å². The molecule has 0 aliphatic carbocycles. The Morgan fingerprint density at radius 2 is 1.85 bits per heavy atom. The minimum Gasteiger partial charge on any atom is -0.481 e. The van der Waals surface area contributed by atoms with E-state index in [-0.39, 0.29) is 17.9 Å². The number of aliphatic carboxylic acids is 1. The summed E-state index contributed by atoms with van der Waals surface area (Å²) in [6, 6.07) is -0.129. The van der Waals surface area contributed by atoms with Crippen LogP contribution in [0, 0.1) is 11.8 Å². The van der Waals surface area contributed by atoms with Gasteiger partial charge in [-0.15, -0.1) is 0 Å². The standard InChI is InChI=1S/C18H29N3O5S/c1-4-14-10-13(12-21(27(25)26)16(14)5-2)11-19(3)18(24)20-8-6-15(7-9-20)17(22)23/h4-5,13,15,27H,6-12H2,1-3H3,(H,22,23)/b14-4-,16-5+/t13-/m0/s1. The lowest BCUT2D eigenvalue weighted by Gasteiger charge is -2.38. The fourth-order valence-electron chi connectivity index (χ4n) is 3.89. The number of likely N-dealkylation sites (tertiary alicyclic amines) is 1. The molecule has 2 saturated heterocycles. The molecule has 0 radical (unpaired) electrons. The highest BCUT2D eigenvalue weighted by Crippen LogP contribution is 2.31. The van der Waals surface area contributed by atoms with E-state index in [0.717, 1.165) is 11.3 Å². The Morgan fingerprint density at radius 3 is 2.33 bits per heavy atom. The lowest BCUT2D eigenvalue weighted by molar-refractivity contribution is -0.143. The Morgan fingerprint density at radius 1 is 1.22 bits per heavy atom. The fourth-order valence-corrected chi connectivity index (χ4v) is 4.67. The molecule has 2 fully saturated rings. The number of rotatable bonds is 4. The van der Waals surface area contributed by atoms with E-state index in [1.165, 1.54) is 4.31 Å². The lowest BCUT2D eigenvalue weighted by atomic mass is 9.92. The first-order valence-corrected chi connectivity index (χ1v) is 10.4. The Balaban J connectivity index is 1.99. The Bertz CT molecular complexity index is 700. The summed E-state index contributed by atoms with van der Waals surface area (Å²) in [7, 11) is -1.02. The van der Waals surface area contributed by atoms with Gasteiger partial charge in [0, 0.05) is 38.9 Å². The molecule has 0 unspecified atom stereocenters. The molecule has 27 heavy (non-hydrogen) atoms. The van der Waals surface area contributed by atoms with Crippen LogP contribution in [0.5, 0.6) is 0 Å². The zero-order valence-electron chi connectivity index (χ0n) is 16.1. The first-order chi connectivity index (χ1) is 12.8. The number of amides is 2. The third kappa shape index (κ3) is 5.03. The molecule has 152 valence electrons. The summed E-state index contributed by atoms with van der Waals surface area (Å²) in [5, 5.41) is 9.07. The molecule has 1 atom stereocenters. The third-order valence-electron chi connectivity index (χ3n) is 5.34. The lowest BCUT2D eigenvalue weighted by Crippen LogP contribution is -2.48. The first kappa shape index (κ1) is 21.3. The maximum atomic E-state index is 12.7. The van der Waals surface area contributed by atoms with Crippen LogP contribution >= 0.6 is 0 Å². The van der Waals surface area contributed by atoms with E-state index in [0.29, 0.717) is 45.4 Å². The summed E-state index contributed by atoms with van der Waals surface area (Å²) < 4.78 is 24.7. The number of carbonyl (C=O) groups excluding carboxylic acids is 1. The number of carboxylic acid groups (broad SMARTS) is 1. The summed E-state index contributed by atoms with van der Waals surface area (Å²) in [4.78, 5) is 27.0. The zero-order valence-corrected chi connectivity index (χ0v) is 17.0. The van der Waals surface area contributed by atoms with Gasteiger partial charge in [-0.25, -0.2) is 13.2 Å². The largest absolute Gasteiger partial charge is 0.481 e. The molecule has 0 aromatic rings. The fraction of sp³-hybridized carbons (Fsp3) is 0.667. The molecule has 2 amide bonds. The monoisotopic (exact) mass is 399 g/mol. The molecule has 9 heteroatoms. The number of carbonyl (C=O) groups is 2. The number of thiol groups is 1. The molecule has 0 spiro atoms. The van der Waals surface area contributed by atoms with Crippen LogP contribution in [0.25, 0.3) is 0 Å². The number of nitrogens with zero attached hydrogens (tertiary/aromatic N) is 3. The molecular weight excluding hydrogens is 370 g/mol. The van der Waals surface area contributed by atoms with Crippen LogP contribution in [0.3, 0.4) is 0 Å². The Kier molecular flexibility index (Phi) is 7.29. The molecule has 2 aliphatic rings. The molecule has 2 rings (SSSR count). The van der Waals surface area contributed by atoms with Crippen LogP contribution in [-0.2, 0) is 15.7 Å². The molecule has 0 bridgehead atoms. The summed E-state index contributed by atoms with van der Waals surface area (Å²) in [6.07, 6.45) is 5.38. The molecule has 1 N–H and O–H groups in total. The van der Waals surface area contributed by atoms with Crippen molar-refractivity contribution in [2.45, 2.75) is 33.1 Å². The van der Waals surface area contributed by atoms with Crippen molar-refractivity contribution < 1.29 is 23.1 Å². The van der Waals surface area contributed by atoms with Crippen molar-refractivity contribution in [3.8, 4) is 0 Å². The first-order valence-electron chi connectivity index (χ1n) is 9.25. The van der Waals surface area contributed by atoms with Gasteiger partial charge in [-0.05, 0) is 44.6 Å². The smallest absolute Gasteiger partial charge is 0.319 e. The van der Waals surface area contributed by atoms with Crippen LogP contribution < -0.4 is 0 Å². The van der Waals surface area contributed by atoms with Gasteiger partial charge in [-0.3, -0.25) is 9.10 Å². The van der Waals surface area contributed by atoms with Crippen LogP contribution in [0.2, 0.25) is 0 Å². The van der Waals surface area contributed by atoms with Crippen LogP contribution in [-0.4, -0.2) is 72.9 Å².